The molecule has 78 valence electrons. The van der Waals surface area contributed by atoms with E-state index in [9.17, 15) is 4.39 Å². The van der Waals surface area contributed by atoms with E-state index in [0.717, 1.165) is 5.69 Å². The zero-order valence-electron chi connectivity index (χ0n) is 7.79. The lowest BCUT2D eigenvalue weighted by Gasteiger charge is -2.02. The Morgan fingerprint density at radius 2 is 2.33 bits per heavy atom. The minimum Gasteiger partial charge on any atom is -0.314 e. The third-order valence-corrected chi connectivity index (χ3v) is 2.73. The minimum atomic E-state index is -0.490. The Balaban J connectivity index is 2.24. The Kier molecular flexibility index (Phi) is 2.83. The van der Waals surface area contributed by atoms with Gasteiger partial charge < -0.3 is 5.32 Å². The molecule has 0 saturated heterocycles. The van der Waals surface area contributed by atoms with Gasteiger partial charge in [-0.25, -0.2) is 14.4 Å². The molecule has 0 saturated carbocycles. The number of halogens is 2. The average molecular weight is 244 g/mol. The predicted octanol–water partition coefficient (Wildman–Crippen LogP) is 3.38. The molecule has 1 N–H and O–H groups in total. The monoisotopic (exact) mass is 243 g/mol. The molecule has 0 bridgehead atoms. The summed E-state index contributed by atoms with van der Waals surface area (Å²) in [6, 6.07) is 1.21. The Morgan fingerprint density at radius 1 is 1.53 bits per heavy atom. The molecule has 6 heteroatoms. The van der Waals surface area contributed by atoms with E-state index in [-0.39, 0.29) is 10.8 Å². The first-order valence-electron chi connectivity index (χ1n) is 4.15. The summed E-state index contributed by atoms with van der Waals surface area (Å²) in [4.78, 5) is 7.97. The smallest absolute Gasteiger partial charge is 0.188 e. The van der Waals surface area contributed by atoms with Gasteiger partial charge in [0.2, 0.25) is 0 Å². The lowest BCUT2D eigenvalue weighted by molar-refractivity contribution is 0.626. The second kappa shape index (κ2) is 4.12. The highest BCUT2D eigenvalue weighted by Gasteiger charge is 2.06. The first-order valence-corrected chi connectivity index (χ1v) is 5.41. The molecule has 0 aliphatic heterocycles. The number of hydrogen-bond donors (Lipinski definition) is 1. The van der Waals surface area contributed by atoms with Crippen LogP contribution in [0.25, 0.3) is 0 Å². The minimum absolute atomic E-state index is 0.133. The van der Waals surface area contributed by atoms with Gasteiger partial charge in [-0.3, -0.25) is 0 Å². The number of aromatic nitrogens is 2. The van der Waals surface area contributed by atoms with Crippen LogP contribution in [0.3, 0.4) is 0 Å². The van der Waals surface area contributed by atoms with Crippen LogP contribution >= 0.6 is 22.9 Å². The van der Waals surface area contributed by atoms with E-state index >= 15 is 0 Å². The van der Waals surface area contributed by atoms with E-state index in [0.29, 0.717) is 5.13 Å². The molecule has 0 amide bonds. The van der Waals surface area contributed by atoms with Crippen LogP contribution in [0.4, 0.5) is 15.3 Å². The van der Waals surface area contributed by atoms with Gasteiger partial charge in [0.05, 0.1) is 10.7 Å². The highest BCUT2D eigenvalue weighted by molar-refractivity contribution is 7.13. The van der Waals surface area contributed by atoms with Gasteiger partial charge in [-0.2, -0.15) is 0 Å². The summed E-state index contributed by atoms with van der Waals surface area (Å²) in [5, 5.41) is 5.54. The second-order valence-electron chi connectivity index (χ2n) is 2.90. The van der Waals surface area contributed by atoms with Gasteiger partial charge in [0.15, 0.2) is 16.8 Å². The molecule has 0 atom stereocenters. The van der Waals surface area contributed by atoms with Gasteiger partial charge in [-0.05, 0) is 13.0 Å². The molecule has 0 fully saturated rings. The fourth-order valence-electron chi connectivity index (χ4n) is 1.02. The van der Waals surface area contributed by atoms with Crippen molar-refractivity contribution >= 4 is 33.9 Å². The standard InChI is InChI=1S/C9H7ClFN3S/c1-5-4-15-9(13-5)14-8-7(11)2-6(10)3-12-8/h2-4H,1H3,(H,12,13,14). The summed E-state index contributed by atoms with van der Waals surface area (Å²) < 4.78 is 13.3. The molecule has 2 aromatic rings. The lowest BCUT2D eigenvalue weighted by Crippen LogP contribution is -1.96. The third-order valence-electron chi connectivity index (χ3n) is 1.65. The molecule has 0 aliphatic carbocycles. The van der Waals surface area contributed by atoms with Crippen molar-refractivity contribution in [1.29, 1.82) is 0 Å². The molecular formula is C9H7ClFN3S. The van der Waals surface area contributed by atoms with Crippen LogP contribution in [0.5, 0.6) is 0 Å². The van der Waals surface area contributed by atoms with Crippen molar-refractivity contribution in [2.45, 2.75) is 6.92 Å². The van der Waals surface area contributed by atoms with E-state index in [4.69, 9.17) is 11.6 Å². The summed E-state index contributed by atoms with van der Waals surface area (Å²) in [7, 11) is 0. The summed E-state index contributed by atoms with van der Waals surface area (Å²) >= 11 is 6.98. The maximum absolute atomic E-state index is 13.3. The molecular weight excluding hydrogens is 237 g/mol. The van der Waals surface area contributed by atoms with Crippen LogP contribution in [-0.4, -0.2) is 9.97 Å². The van der Waals surface area contributed by atoms with E-state index in [1.807, 2.05) is 12.3 Å². The fraction of sp³-hybridized carbons (Fsp3) is 0.111. The van der Waals surface area contributed by atoms with Crippen molar-refractivity contribution in [3.8, 4) is 0 Å². The van der Waals surface area contributed by atoms with E-state index < -0.39 is 5.82 Å². The Hall–Kier alpha value is -1.20. The van der Waals surface area contributed by atoms with Crippen molar-refractivity contribution < 1.29 is 4.39 Å². The number of rotatable bonds is 2. The van der Waals surface area contributed by atoms with Crippen molar-refractivity contribution in [2.75, 3.05) is 5.32 Å². The first-order chi connectivity index (χ1) is 7.15. The van der Waals surface area contributed by atoms with E-state index in [1.54, 1.807) is 0 Å². The van der Waals surface area contributed by atoms with Crippen LogP contribution < -0.4 is 5.32 Å². The van der Waals surface area contributed by atoms with Gasteiger partial charge in [0, 0.05) is 11.6 Å². The highest BCUT2D eigenvalue weighted by Crippen LogP contribution is 2.22. The predicted molar refractivity (Wildman–Crippen MR) is 59.3 cm³/mol. The number of nitrogens with one attached hydrogen (secondary N) is 1. The molecule has 2 aromatic heterocycles. The van der Waals surface area contributed by atoms with Crippen LogP contribution in [0.1, 0.15) is 5.69 Å². The molecule has 3 nitrogen and oxygen atoms in total. The molecule has 0 aliphatic rings. The van der Waals surface area contributed by atoms with Gasteiger partial charge in [0.1, 0.15) is 0 Å². The van der Waals surface area contributed by atoms with Crippen LogP contribution in [0.15, 0.2) is 17.6 Å². The third kappa shape index (κ3) is 2.43. The van der Waals surface area contributed by atoms with E-state index in [2.05, 4.69) is 15.3 Å². The lowest BCUT2D eigenvalue weighted by atomic mass is 10.4. The van der Waals surface area contributed by atoms with Crippen molar-refractivity contribution in [1.82, 2.24) is 9.97 Å². The van der Waals surface area contributed by atoms with Gasteiger partial charge in [0.25, 0.3) is 0 Å². The Bertz CT molecular complexity index is 486. The number of hydrogen-bond acceptors (Lipinski definition) is 4. The average Bonchev–Trinajstić information content (AvgIpc) is 2.56. The summed E-state index contributed by atoms with van der Waals surface area (Å²) in [6.45, 7) is 1.87. The topological polar surface area (TPSA) is 37.8 Å². The highest BCUT2D eigenvalue weighted by atomic mass is 35.5. The summed E-state index contributed by atoms with van der Waals surface area (Å²) in [5.74, 6) is -0.357. The van der Waals surface area contributed by atoms with Gasteiger partial charge in [-0.15, -0.1) is 11.3 Å². The number of aryl methyl sites for hydroxylation is 1. The molecule has 0 spiro atoms. The van der Waals surface area contributed by atoms with Crippen LogP contribution in [0, 0.1) is 12.7 Å². The zero-order chi connectivity index (χ0) is 10.8. The van der Waals surface area contributed by atoms with E-state index in [1.165, 1.54) is 23.6 Å². The normalized spacial score (nSPS) is 10.3. The van der Waals surface area contributed by atoms with Crippen LogP contribution in [-0.2, 0) is 0 Å². The number of thiazole rings is 1. The summed E-state index contributed by atoms with van der Waals surface area (Å²) in [5.41, 5.74) is 0.886. The Labute approximate surface area is 95.0 Å². The van der Waals surface area contributed by atoms with Crippen molar-refractivity contribution in [2.24, 2.45) is 0 Å². The SMILES string of the molecule is Cc1csc(Nc2ncc(Cl)cc2F)n1. The molecule has 2 rings (SSSR count). The molecule has 15 heavy (non-hydrogen) atoms. The van der Waals surface area contributed by atoms with Crippen molar-refractivity contribution in [3.05, 3.63) is 34.2 Å². The number of anilines is 2. The molecule has 2 heterocycles. The second-order valence-corrected chi connectivity index (χ2v) is 4.20. The molecule has 0 aromatic carbocycles. The maximum Gasteiger partial charge on any atom is 0.188 e. The summed E-state index contributed by atoms with van der Waals surface area (Å²) in [6.07, 6.45) is 1.38. The van der Waals surface area contributed by atoms with Crippen LogP contribution in [0.2, 0.25) is 5.02 Å². The van der Waals surface area contributed by atoms with Gasteiger partial charge in [-0.1, -0.05) is 11.6 Å². The zero-order valence-corrected chi connectivity index (χ0v) is 9.36. The van der Waals surface area contributed by atoms with Crippen molar-refractivity contribution in [3.63, 3.8) is 0 Å². The largest absolute Gasteiger partial charge is 0.314 e. The maximum atomic E-state index is 13.3. The first kappa shape index (κ1) is 10.3. The number of pyridine rings is 1. The van der Waals surface area contributed by atoms with Gasteiger partial charge >= 0.3 is 0 Å². The Morgan fingerprint density at radius 3 is 2.93 bits per heavy atom. The number of nitrogens with zero attached hydrogens (tertiary/aromatic N) is 2. The molecule has 0 unspecified atom stereocenters. The quantitative estimate of drug-likeness (QED) is 0.879. The fourth-order valence-corrected chi connectivity index (χ4v) is 1.85. The molecule has 0 radical (unpaired) electrons.